The van der Waals surface area contributed by atoms with Gasteiger partial charge in [-0.05, 0) is 38.1 Å². The van der Waals surface area contributed by atoms with E-state index in [1.54, 1.807) is 13.8 Å². The largest absolute Gasteiger partial charge is 0.493 e. The van der Waals surface area contributed by atoms with E-state index in [0.29, 0.717) is 5.75 Å². The Morgan fingerprint density at radius 1 is 1.30 bits per heavy atom. The van der Waals surface area contributed by atoms with Gasteiger partial charge in [-0.3, -0.25) is 9.59 Å². The van der Waals surface area contributed by atoms with Gasteiger partial charge in [0.1, 0.15) is 18.1 Å². The molecule has 0 atom stereocenters. The molecule has 110 valence electrons. The molecule has 0 radical (unpaired) electrons. The number of nitrogens with zero attached hydrogens (tertiary/aromatic N) is 1. The summed E-state index contributed by atoms with van der Waals surface area (Å²) < 4.78 is 18.0. The molecule has 0 aromatic heterocycles. The summed E-state index contributed by atoms with van der Waals surface area (Å²) in [6.07, 6.45) is 0.0723. The SMILES string of the molecule is CC(C)N(CC(=O)O)C(=O)CCOc1ccc(F)cc1. The monoisotopic (exact) mass is 283 g/mol. The molecule has 1 amide bonds. The fourth-order valence-corrected chi connectivity index (χ4v) is 1.64. The van der Waals surface area contributed by atoms with Crippen LogP contribution in [0.3, 0.4) is 0 Å². The molecule has 5 nitrogen and oxygen atoms in total. The zero-order valence-electron chi connectivity index (χ0n) is 11.5. The van der Waals surface area contributed by atoms with E-state index < -0.39 is 5.97 Å². The molecule has 0 bridgehead atoms. The molecule has 0 aliphatic heterocycles. The minimum Gasteiger partial charge on any atom is -0.493 e. The first-order chi connectivity index (χ1) is 9.40. The van der Waals surface area contributed by atoms with Crippen LogP contribution in [0.25, 0.3) is 0 Å². The van der Waals surface area contributed by atoms with Gasteiger partial charge in [-0.2, -0.15) is 0 Å². The second-order valence-electron chi connectivity index (χ2n) is 4.56. The van der Waals surface area contributed by atoms with Gasteiger partial charge in [0.2, 0.25) is 5.91 Å². The van der Waals surface area contributed by atoms with E-state index in [1.807, 2.05) is 0 Å². The lowest BCUT2D eigenvalue weighted by Crippen LogP contribution is -2.41. The van der Waals surface area contributed by atoms with Crippen molar-refractivity contribution < 1.29 is 23.8 Å². The lowest BCUT2D eigenvalue weighted by atomic mass is 10.2. The Hall–Kier alpha value is -2.11. The van der Waals surface area contributed by atoms with Crippen molar-refractivity contribution in [1.82, 2.24) is 4.90 Å². The maximum atomic E-state index is 12.7. The molecule has 0 spiro atoms. The van der Waals surface area contributed by atoms with E-state index in [2.05, 4.69) is 0 Å². The van der Waals surface area contributed by atoms with Gasteiger partial charge < -0.3 is 14.7 Å². The van der Waals surface area contributed by atoms with E-state index in [-0.39, 0.29) is 37.3 Å². The topological polar surface area (TPSA) is 66.8 Å². The summed E-state index contributed by atoms with van der Waals surface area (Å²) in [5, 5.41) is 8.75. The van der Waals surface area contributed by atoms with Crippen molar-refractivity contribution in [1.29, 1.82) is 0 Å². The number of aliphatic carboxylic acids is 1. The molecular formula is C14H18FNO4. The zero-order chi connectivity index (χ0) is 15.1. The van der Waals surface area contributed by atoms with Crippen LogP contribution in [0.5, 0.6) is 5.75 Å². The summed E-state index contributed by atoms with van der Waals surface area (Å²) in [5.41, 5.74) is 0. The summed E-state index contributed by atoms with van der Waals surface area (Å²) in [4.78, 5) is 23.8. The average Bonchev–Trinajstić information content (AvgIpc) is 2.37. The van der Waals surface area contributed by atoms with Crippen molar-refractivity contribution in [3.8, 4) is 5.75 Å². The van der Waals surface area contributed by atoms with Crippen molar-refractivity contribution in [3.05, 3.63) is 30.1 Å². The van der Waals surface area contributed by atoms with Gasteiger partial charge in [0.25, 0.3) is 0 Å². The number of ether oxygens (including phenoxy) is 1. The Labute approximate surface area is 117 Å². The molecule has 0 saturated heterocycles. The summed E-state index contributed by atoms with van der Waals surface area (Å²) >= 11 is 0. The lowest BCUT2D eigenvalue weighted by molar-refractivity contribution is -0.146. The van der Waals surface area contributed by atoms with E-state index in [1.165, 1.54) is 29.2 Å². The van der Waals surface area contributed by atoms with Crippen LogP contribution in [0.4, 0.5) is 4.39 Å². The third kappa shape index (κ3) is 5.26. The van der Waals surface area contributed by atoms with Crippen LogP contribution in [0.1, 0.15) is 20.3 Å². The molecule has 20 heavy (non-hydrogen) atoms. The van der Waals surface area contributed by atoms with Crippen molar-refractivity contribution in [2.45, 2.75) is 26.3 Å². The fourth-order valence-electron chi connectivity index (χ4n) is 1.64. The number of carboxylic acids is 1. The number of carboxylic acid groups (broad SMARTS) is 1. The van der Waals surface area contributed by atoms with Gasteiger partial charge in [0, 0.05) is 6.04 Å². The highest BCUT2D eigenvalue weighted by molar-refractivity contribution is 5.81. The van der Waals surface area contributed by atoms with Crippen molar-refractivity contribution in [2.75, 3.05) is 13.2 Å². The number of carbonyl (C=O) groups is 2. The smallest absolute Gasteiger partial charge is 0.323 e. The average molecular weight is 283 g/mol. The first-order valence-corrected chi connectivity index (χ1v) is 6.29. The Kier molecular flexibility index (Phi) is 5.96. The zero-order valence-corrected chi connectivity index (χ0v) is 11.5. The predicted molar refractivity (Wildman–Crippen MR) is 71.0 cm³/mol. The minimum atomic E-state index is -1.05. The predicted octanol–water partition coefficient (Wildman–Crippen LogP) is 1.92. The molecule has 1 aromatic rings. The second-order valence-corrected chi connectivity index (χ2v) is 4.56. The fraction of sp³-hybridized carbons (Fsp3) is 0.429. The van der Waals surface area contributed by atoms with Crippen LogP contribution in [-0.4, -0.2) is 41.1 Å². The molecule has 1 aromatic carbocycles. The molecule has 0 unspecified atom stereocenters. The van der Waals surface area contributed by atoms with Crippen LogP contribution in [0.15, 0.2) is 24.3 Å². The highest BCUT2D eigenvalue weighted by atomic mass is 19.1. The van der Waals surface area contributed by atoms with Crippen molar-refractivity contribution >= 4 is 11.9 Å². The van der Waals surface area contributed by atoms with Gasteiger partial charge in [-0.15, -0.1) is 0 Å². The van der Waals surface area contributed by atoms with Gasteiger partial charge in [-0.25, -0.2) is 4.39 Å². The van der Waals surface area contributed by atoms with Crippen molar-refractivity contribution in [2.24, 2.45) is 0 Å². The highest BCUT2D eigenvalue weighted by Gasteiger charge is 2.19. The summed E-state index contributed by atoms with van der Waals surface area (Å²) in [6.45, 7) is 3.30. The molecular weight excluding hydrogens is 265 g/mol. The summed E-state index contributed by atoms with van der Waals surface area (Å²) in [6, 6.07) is 5.28. The quantitative estimate of drug-likeness (QED) is 0.830. The molecule has 0 saturated carbocycles. The molecule has 1 rings (SSSR count). The van der Waals surface area contributed by atoms with Crippen LogP contribution in [-0.2, 0) is 9.59 Å². The van der Waals surface area contributed by atoms with Crippen LogP contribution in [0.2, 0.25) is 0 Å². The van der Waals surface area contributed by atoms with Gasteiger partial charge in [0.05, 0.1) is 13.0 Å². The lowest BCUT2D eigenvalue weighted by Gasteiger charge is -2.24. The number of amides is 1. The number of carbonyl (C=O) groups excluding carboxylic acids is 1. The van der Waals surface area contributed by atoms with Gasteiger partial charge >= 0.3 is 5.97 Å². The molecule has 1 N–H and O–H groups in total. The summed E-state index contributed by atoms with van der Waals surface area (Å²) in [5.74, 6) is -1.23. The Balaban J connectivity index is 2.44. The van der Waals surface area contributed by atoms with Crippen LogP contribution < -0.4 is 4.74 Å². The Morgan fingerprint density at radius 2 is 1.90 bits per heavy atom. The minimum absolute atomic E-state index is 0.0723. The number of rotatable bonds is 7. The highest BCUT2D eigenvalue weighted by Crippen LogP contribution is 2.11. The molecule has 0 fully saturated rings. The van der Waals surface area contributed by atoms with Crippen molar-refractivity contribution in [3.63, 3.8) is 0 Å². The first kappa shape index (κ1) is 15.9. The number of hydrogen-bond acceptors (Lipinski definition) is 3. The molecule has 0 aliphatic rings. The Bertz CT molecular complexity index is 459. The van der Waals surface area contributed by atoms with Gasteiger partial charge in [-0.1, -0.05) is 0 Å². The second kappa shape index (κ2) is 7.47. The molecule has 6 heteroatoms. The number of hydrogen-bond donors (Lipinski definition) is 1. The number of benzene rings is 1. The van der Waals surface area contributed by atoms with E-state index in [4.69, 9.17) is 9.84 Å². The normalized spacial score (nSPS) is 10.4. The third-order valence-corrected chi connectivity index (χ3v) is 2.65. The maximum absolute atomic E-state index is 12.7. The third-order valence-electron chi connectivity index (χ3n) is 2.65. The summed E-state index contributed by atoms with van der Waals surface area (Å²) in [7, 11) is 0. The number of halogens is 1. The van der Waals surface area contributed by atoms with E-state index in [0.717, 1.165) is 0 Å². The van der Waals surface area contributed by atoms with E-state index in [9.17, 15) is 14.0 Å². The molecule has 0 aliphatic carbocycles. The Morgan fingerprint density at radius 3 is 2.40 bits per heavy atom. The van der Waals surface area contributed by atoms with Crippen LogP contribution in [0, 0.1) is 5.82 Å². The molecule has 0 heterocycles. The van der Waals surface area contributed by atoms with E-state index >= 15 is 0 Å². The first-order valence-electron chi connectivity index (χ1n) is 6.29. The standard InChI is InChI=1S/C14H18FNO4/c1-10(2)16(9-14(18)19)13(17)7-8-20-12-5-3-11(15)4-6-12/h3-6,10H,7-9H2,1-2H3,(H,18,19). The maximum Gasteiger partial charge on any atom is 0.323 e. The van der Waals surface area contributed by atoms with Gasteiger partial charge in [0.15, 0.2) is 0 Å². The van der Waals surface area contributed by atoms with Crippen LogP contribution >= 0.6 is 0 Å².